The summed E-state index contributed by atoms with van der Waals surface area (Å²) in [7, 11) is 0. The van der Waals surface area contributed by atoms with E-state index in [0.717, 1.165) is 51.8 Å². The van der Waals surface area contributed by atoms with Gasteiger partial charge in [-0.25, -0.2) is 0 Å². The van der Waals surface area contributed by atoms with Crippen LogP contribution in [0.4, 0.5) is 5.82 Å². The van der Waals surface area contributed by atoms with Crippen molar-refractivity contribution in [1.29, 1.82) is 0 Å². The first-order chi connectivity index (χ1) is 10.7. The van der Waals surface area contributed by atoms with Gasteiger partial charge in [0.1, 0.15) is 0 Å². The highest BCUT2D eigenvalue weighted by molar-refractivity contribution is 5.92. The van der Waals surface area contributed by atoms with Crippen molar-refractivity contribution >= 4 is 11.7 Å². The minimum Gasteiger partial charge on any atom is -0.379 e. The van der Waals surface area contributed by atoms with E-state index in [-0.39, 0.29) is 5.91 Å². The molecule has 1 N–H and O–H groups in total. The minimum absolute atomic E-state index is 0.174. The molecule has 0 unspecified atom stereocenters. The Bertz CT molecular complexity index is 456. The third-order valence-electron chi connectivity index (χ3n) is 3.79. The lowest BCUT2D eigenvalue weighted by atomic mass is 10.3. The molecular weight excluding hydrogens is 282 g/mol. The summed E-state index contributed by atoms with van der Waals surface area (Å²) in [4.78, 5) is 16.4. The molecule has 0 aromatic carbocycles. The Morgan fingerprint density at radius 1 is 1.27 bits per heavy atom. The van der Waals surface area contributed by atoms with Gasteiger partial charge in [0.15, 0.2) is 11.5 Å². The summed E-state index contributed by atoms with van der Waals surface area (Å²) in [6.07, 6.45) is 0. The number of anilines is 1. The van der Waals surface area contributed by atoms with E-state index in [4.69, 9.17) is 4.74 Å². The zero-order chi connectivity index (χ0) is 15.8. The van der Waals surface area contributed by atoms with E-state index in [2.05, 4.69) is 39.2 Å². The normalized spacial score (nSPS) is 15.5. The molecular formula is C15H25N5O2. The zero-order valence-electron chi connectivity index (χ0n) is 13.4. The number of aromatic nitrogens is 2. The van der Waals surface area contributed by atoms with Gasteiger partial charge in [0.05, 0.1) is 13.2 Å². The van der Waals surface area contributed by atoms with Crippen molar-refractivity contribution in [2.24, 2.45) is 0 Å². The highest BCUT2D eigenvalue weighted by Gasteiger charge is 2.12. The fourth-order valence-electron chi connectivity index (χ4n) is 2.41. The van der Waals surface area contributed by atoms with Gasteiger partial charge in [-0.1, -0.05) is 0 Å². The lowest BCUT2D eigenvalue weighted by Gasteiger charge is -2.26. The minimum atomic E-state index is -0.174. The molecule has 1 saturated heterocycles. The van der Waals surface area contributed by atoms with Crippen molar-refractivity contribution in [1.82, 2.24) is 20.4 Å². The van der Waals surface area contributed by atoms with E-state index in [0.29, 0.717) is 12.2 Å². The van der Waals surface area contributed by atoms with E-state index >= 15 is 0 Å². The number of nitrogens with zero attached hydrogens (tertiary/aromatic N) is 4. The zero-order valence-corrected chi connectivity index (χ0v) is 13.4. The van der Waals surface area contributed by atoms with Gasteiger partial charge in [-0.05, 0) is 26.0 Å². The number of morpholine rings is 1. The van der Waals surface area contributed by atoms with E-state index in [1.165, 1.54) is 0 Å². The summed E-state index contributed by atoms with van der Waals surface area (Å²) in [6, 6.07) is 3.57. The maximum absolute atomic E-state index is 12.0. The van der Waals surface area contributed by atoms with Gasteiger partial charge in [0, 0.05) is 39.3 Å². The molecule has 1 aromatic heterocycles. The molecule has 122 valence electrons. The Morgan fingerprint density at radius 3 is 2.59 bits per heavy atom. The van der Waals surface area contributed by atoms with Gasteiger partial charge in [-0.15, -0.1) is 10.2 Å². The molecule has 0 atom stereocenters. The maximum atomic E-state index is 12.0. The first-order valence-electron chi connectivity index (χ1n) is 7.91. The van der Waals surface area contributed by atoms with E-state index in [1.54, 1.807) is 6.07 Å². The van der Waals surface area contributed by atoms with Crippen molar-refractivity contribution in [2.75, 3.05) is 57.4 Å². The van der Waals surface area contributed by atoms with Crippen molar-refractivity contribution in [2.45, 2.75) is 13.8 Å². The summed E-state index contributed by atoms with van der Waals surface area (Å²) in [5.74, 6) is 0.627. The topological polar surface area (TPSA) is 70.6 Å². The number of ether oxygens (including phenoxy) is 1. The third-order valence-corrected chi connectivity index (χ3v) is 3.79. The first-order valence-corrected chi connectivity index (χ1v) is 7.91. The largest absolute Gasteiger partial charge is 0.379 e. The molecule has 22 heavy (non-hydrogen) atoms. The summed E-state index contributed by atoms with van der Waals surface area (Å²) in [5.41, 5.74) is 0.359. The van der Waals surface area contributed by atoms with Crippen molar-refractivity contribution in [3.05, 3.63) is 17.8 Å². The highest BCUT2D eigenvalue weighted by atomic mass is 16.5. The molecule has 1 aliphatic heterocycles. The summed E-state index contributed by atoms with van der Waals surface area (Å²) in [6.45, 7) is 10.7. The van der Waals surface area contributed by atoms with Crippen molar-refractivity contribution in [3.8, 4) is 0 Å². The Morgan fingerprint density at radius 2 is 2.00 bits per heavy atom. The van der Waals surface area contributed by atoms with E-state index in [1.807, 2.05) is 6.07 Å². The highest BCUT2D eigenvalue weighted by Crippen LogP contribution is 2.08. The Hall–Kier alpha value is -1.73. The standard InChI is InChI=1S/C15H25N5O2/c1-3-20(4-2)14-6-5-13(17-18-14)15(21)16-7-8-19-9-11-22-12-10-19/h5-6H,3-4,7-12H2,1-2H3,(H,16,21). The monoisotopic (exact) mass is 307 g/mol. The fourth-order valence-corrected chi connectivity index (χ4v) is 2.41. The van der Waals surface area contributed by atoms with Gasteiger partial charge >= 0.3 is 0 Å². The molecule has 0 saturated carbocycles. The third kappa shape index (κ3) is 4.64. The molecule has 1 fully saturated rings. The SMILES string of the molecule is CCN(CC)c1ccc(C(=O)NCCN2CCOCC2)nn1. The molecule has 0 spiro atoms. The number of nitrogens with one attached hydrogen (secondary N) is 1. The molecule has 1 amide bonds. The second-order valence-electron chi connectivity index (χ2n) is 5.16. The quantitative estimate of drug-likeness (QED) is 0.785. The molecule has 7 nitrogen and oxygen atoms in total. The number of carbonyl (C=O) groups is 1. The second-order valence-corrected chi connectivity index (χ2v) is 5.16. The Kier molecular flexibility index (Phi) is 6.54. The van der Waals surface area contributed by atoms with Gasteiger partial charge in [-0.3, -0.25) is 9.69 Å². The van der Waals surface area contributed by atoms with E-state index < -0.39 is 0 Å². The van der Waals surface area contributed by atoms with Crippen LogP contribution in [-0.4, -0.2) is 73.5 Å². The van der Waals surface area contributed by atoms with Gasteiger partial charge < -0.3 is 15.0 Å². The smallest absolute Gasteiger partial charge is 0.271 e. The van der Waals surface area contributed by atoms with Crippen LogP contribution >= 0.6 is 0 Å². The lowest BCUT2D eigenvalue weighted by Crippen LogP contribution is -2.41. The molecule has 0 bridgehead atoms. The molecule has 2 rings (SSSR count). The van der Waals surface area contributed by atoms with Crippen LogP contribution in [0, 0.1) is 0 Å². The van der Waals surface area contributed by atoms with Crippen LogP contribution in [0.3, 0.4) is 0 Å². The molecule has 1 aromatic rings. The molecule has 7 heteroatoms. The van der Waals surface area contributed by atoms with Crippen LogP contribution in [0.15, 0.2) is 12.1 Å². The number of hydrogen-bond donors (Lipinski definition) is 1. The number of amides is 1. The summed E-state index contributed by atoms with van der Waals surface area (Å²) >= 11 is 0. The van der Waals surface area contributed by atoms with Crippen LogP contribution in [0.2, 0.25) is 0 Å². The molecule has 0 radical (unpaired) electrons. The van der Waals surface area contributed by atoms with Crippen LogP contribution in [-0.2, 0) is 4.74 Å². The molecule has 2 heterocycles. The maximum Gasteiger partial charge on any atom is 0.271 e. The predicted octanol–water partition coefficient (Wildman–Crippen LogP) is 0.385. The van der Waals surface area contributed by atoms with E-state index in [9.17, 15) is 4.79 Å². The number of carbonyl (C=O) groups excluding carboxylic acids is 1. The van der Waals surface area contributed by atoms with Gasteiger partial charge in [-0.2, -0.15) is 0 Å². The lowest BCUT2D eigenvalue weighted by molar-refractivity contribution is 0.0383. The summed E-state index contributed by atoms with van der Waals surface area (Å²) in [5, 5.41) is 11.0. The second kappa shape index (κ2) is 8.65. The molecule has 0 aliphatic carbocycles. The van der Waals surface area contributed by atoms with Crippen LogP contribution < -0.4 is 10.2 Å². The van der Waals surface area contributed by atoms with Gasteiger partial charge in [0.2, 0.25) is 0 Å². The van der Waals surface area contributed by atoms with Crippen molar-refractivity contribution < 1.29 is 9.53 Å². The summed E-state index contributed by atoms with van der Waals surface area (Å²) < 4.78 is 5.29. The van der Waals surface area contributed by atoms with Crippen LogP contribution in [0.5, 0.6) is 0 Å². The Labute approximate surface area is 131 Å². The van der Waals surface area contributed by atoms with Crippen LogP contribution in [0.25, 0.3) is 0 Å². The molecule has 1 aliphatic rings. The Balaban J connectivity index is 1.79. The number of rotatable bonds is 7. The van der Waals surface area contributed by atoms with Gasteiger partial charge in [0.25, 0.3) is 5.91 Å². The first kappa shape index (κ1) is 16.6. The number of hydrogen-bond acceptors (Lipinski definition) is 6. The fraction of sp³-hybridized carbons (Fsp3) is 0.667. The van der Waals surface area contributed by atoms with Crippen LogP contribution in [0.1, 0.15) is 24.3 Å². The average Bonchev–Trinajstić information content (AvgIpc) is 2.57. The average molecular weight is 307 g/mol. The van der Waals surface area contributed by atoms with Crippen molar-refractivity contribution in [3.63, 3.8) is 0 Å². The predicted molar refractivity (Wildman–Crippen MR) is 85.2 cm³/mol.